The molecule has 0 bridgehead atoms. The van der Waals surface area contributed by atoms with Crippen molar-refractivity contribution in [3.05, 3.63) is 52.7 Å². The first-order valence-corrected chi connectivity index (χ1v) is 9.37. The molecule has 2 heterocycles. The molecule has 1 aliphatic rings. The van der Waals surface area contributed by atoms with E-state index in [0.29, 0.717) is 5.56 Å². The third kappa shape index (κ3) is 3.71. The van der Waals surface area contributed by atoms with Crippen molar-refractivity contribution in [2.24, 2.45) is 0 Å². The Bertz CT molecular complexity index is 1140. The number of hydrogen-bond donors (Lipinski definition) is 6. The molecule has 10 nitrogen and oxygen atoms in total. The number of ether oxygens (including phenoxy) is 2. The molecule has 2 unspecified atom stereocenters. The monoisotopic (exact) mass is 432 g/mol. The molecule has 5 atom stereocenters. The molecule has 6 N–H and O–H groups in total. The zero-order valence-corrected chi connectivity index (χ0v) is 16.0. The number of phenols is 2. The van der Waals surface area contributed by atoms with Gasteiger partial charge in [-0.3, -0.25) is 4.79 Å². The lowest BCUT2D eigenvalue weighted by Gasteiger charge is -2.39. The highest BCUT2D eigenvalue weighted by molar-refractivity contribution is 5.91. The van der Waals surface area contributed by atoms with Crippen LogP contribution < -0.4 is 10.2 Å². The molecule has 10 heteroatoms. The van der Waals surface area contributed by atoms with Gasteiger partial charge in [0.25, 0.3) is 0 Å². The Hall–Kier alpha value is -3.15. The highest BCUT2D eigenvalue weighted by Crippen LogP contribution is 2.41. The van der Waals surface area contributed by atoms with E-state index in [4.69, 9.17) is 13.9 Å². The lowest BCUT2D eigenvalue weighted by molar-refractivity contribution is -0.277. The third-order valence-electron chi connectivity index (χ3n) is 5.07. The van der Waals surface area contributed by atoms with Gasteiger partial charge >= 0.3 is 0 Å². The third-order valence-corrected chi connectivity index (χ3v) is 5.07. The van der Waals surface area contributed by atoms with Gasteiger partial charge < -0.3 is 44.5 Å². The minimum atomic E-state index is -1.74. The largest absolute Gasteiger partial charge is 0.504 e. The second kappa shape index (κ2) is 8.17. The summed E-state index contributed by atoms with van der Waals surface area (Å²) >= 11 is 0. The number of aromatic hydroxyl groups is 2. The van der Waals surface area contributed by atoms with Crippen LogP contribution in [-0.4, -0.2) is 68.0 Å². The molecule has 3 aromatic rings. The van der Waals surface area contributed by atoms with Crippen molar-refractivity contribution in [2.45, 2.75) is 30.7 Å². The first-order chi connectivity index (χ1) is 14.8. The van der Waals surface area contributed by atoms with E-state index in [2.05, 4.69) is 0 Å². The Morgan fingerprint density at radius 2 is 1.68 bits per heavy atom. The average Bonchev–Trinajstić information content (AvgIpc) is 2.77. The van der Waals surface area contributed by atoms with Crippen LogP contribution >= 0.6 is 0 Å². The number of aliphatic hydroxyl groups excluding tert-OH is 4. The smallest absolute Gasteiger partial charge is 0.229 e. The molecule has 4 rings (SSSR count). The van der Waals surface area contributed by atoms with E-state index < -0.39 is 54.2 Å². The standard InChI is InChI=1S/C21H20O10/c22-8-14-17(26)18(27)19(28)21(31-14)30-13-7-11(24)16(25)20-15(13)10(23)6-12(29-20)9-4-2-1-3-5-9/h1-7,14,17-19,21-22,24-28H,8H2/t14?,17-,18+,19?,21-/m1/s1. The molecule has 164 valence electrons. The van der Waals surface area contributed by atoms with Gasteiger partial charge in [-0.25, -0.2) is 0 Å². The molecule has 0 saturated carbocycles. The van der Waals surface area contributed by atoms with E-state index in [0.717, 1.165) is 6.07 Å². The fraction of sp³-hybridized carbons (Fsp3) is 0.286. The predicted octanol–water partition coefficient (Wildman–Crippen LogP) is 0.0499. The quantitative estimate of drug-likeness (QED) is 0.310. The maximum atomic E-state index is 12.9. The van der Waals surface area contributed by atoms with Gasteiger partial charge in [0, 0.05) is 17.7 Å². The first kappa shape index (κ1) is 21.1. The Labute approximate surface area is 174 Å². The number of benzene rings is 2. The normalized spacial score (nSPS) is 26.1. The van der Waals surface area contributed by atoms with Gasteiger partial charge in [0.2, 0.25) is 12.0 Å². The van der Waals surface area contributed by atoms with Crippen molar-refractivity contribution in [1.82, 2.24) is 0 Å². The number of phenolic OH excluding ortho intramolecular Hbond substituents is 2. The average molecular weight is 432 g/mol. The number of rotatable bonds is 4. The summed E-state index contributed by atoms with van der Waals surface area (Å²) in [6.07, 6.45) is -7.87. The molecule has 1 aliphatic heterocycles. The molecular formula is C21H20O10. The summed E-state index contributed by atoms with van der Waals surface area (Å²) in [5.74, 6) is -1.52. The highest BCUT2D eigenvalue weighted by Gasteiger charge is 2.45. The molecule has 0 aliphatic carbocycles. The van der Waals surface area contributed by atoms with Gasteiger partial charge in [-0.2, -0.15) is 0 Å². The van der Waals surface area contributed by atoms with Crippen LogP contribution in [0.15, 0.2) is 51.7 Å². The van der Waals surface area contributed by atoms with Crippen LogP contribution in [0.2, 0.25) is 0 Å². The van der Waals surface area contributed by atoms with Crippen LogP contribution in [0.3, 0.4) is 0 Å². The zero-order chi connectivity index (χ0) is 22.3. The summed E-state index contributed by atoms with van der Waals surface area (Å²) < 4.78 is 16.4. The summed E-state index contributed by atoms with van der Waals surface area (Å²) in [5, 5.41) is 59.5. The summed E-state index contributed by atoms with van der Waals surface area (Å²) in [7, 11) is 0. The summed E-state index contributed by atoms with van der Waals surface area (Å²) in [5.41, 5.74) is -0.415. The van der Waals surface area contributed by atoms with E-state index in [-0.39, 0.29) is 22.5 Å². The molecule has 0 amide bonds. The van der Waals surface area contributed by atoms with E-state index in [1.165, 1.54) is 6.07 Å². The molecular weight excluding hydrogens is 412 g/mol. The summed E-state index contributed by atoms with van der Waals surface area (Å²) in [6.45, 7) is -0.672. The molecule has 0 spiro atoms. The van der Waals surface area contributed by atoms with Crippen LogP contribution in [0.1, 0.15) is 0 Å². The van der Waals surface area contributed by atoms with Crippen molar-refractivity contribution >= 4 is 11.0 Å². The molecule has 31 heavy (non-hydrogen) atoms. The summed E-state index contributed by atoms with van der Waals surface area (Å²) in [4.78, 5) is 12.9. The lowest BCUT2D eigenvalue weighted by atomic mass is 9.99. The number of fused-ring (bicyclic) bond motifs is 1. The fourth-order valence-electron chi connectivity index (χ4n) is 3.40. The predicted molar refractivity (Wildman–Crippen MR) is 106 cm³/mol. The first-order valence-electron chi connectivity index (χ1n) is 9.37. The van der Waals surface area contributed by atoms with E-state index in [9.17, 15) is 35.4 Å². The summed E-state index contributed by atoms with van der Waals surface area (Å²) in [6, 6.07) is 10.7. The zero-order valence-electron chi connectivity index (χ0n) is 16.0. The minimum absolute atomic E-state index is 0.137. The SMILES string of the molecule is O=c1cc(-c2ccccc2)oc2c(O)c(O)cc(O[C@@H]3OC(CO)[C@@H](O)[C@H](O)C3O)c12. The molecule has 1 saturated heterocycles. The van der Waals surface area contributed by atoms with Gasteiger partial charge in [0.05, 0.1) is 6.61 Å². The van der Waals surface area contributed by atoms with Gasteiger partial charge in [-0.05, 0) is 0 Å². The van der Waals surface area contributed by atoms with Gasteiger partial charge in [0.1, 0.15) is 41.3 Å². The molecule has 1 fully saturated rings. The Kier molecular flexibility index (Phi) is 5.56. The van der Waals surface area contributed by atoms with Crippen molar-refractivity contribution in [3.8, 4) is 28.6 Å². The Balaban J connectivity index is 1.80. The highest BCUT2D eigenvalue weighted by atomic mass is 16.7. The number of aliphatic hydroxyl groups is 4. The minimum Gasteiger partial charge on any atom is -0.504 e. The van der Waals surface area contributed by atoms with Crippen LogP contribution in [0.5, 0.6) is 17.2 Å². The van der Waals surface area contributed by atoms with Gasteiger partial charge in [-0.15, -0.1) is 0 Å². The second-order valence-electron chi connectivity index (χ2n) is 7.10. The molecule has 2 aromatic carbocycles. The lowest BCUT2D eigenvalue weighted by Crippen LogP contribution is -2.60. The van der Waals surface area contributed by atoms with Crippen molar-refractivity contribution in [2.75, 3.05) is 6.61 Å². The topological polar surface area (TPSA) is 170 Å². The van der Waals surface area contributed by atoms with Gasteiger partial charge in [-0.1, -0.05) is 30.3 Å². The van der Waals surface area contributed by atoms with Crippen LogP contribution in [0, 0.1) is 0 Å². The van der Waals surface area contributed by atoms with Crippen LogP contribution in [-0.2, 0) is 4.74 Å². The Morgan fingerprint density at radius 3 is 2.35 bits per heavy atom. The van der Waals surface area contributed by atoms with Crippen molar-refractivity contribution in [1.29, 1.82) is 0 Å². The Morgan fingerprint density at radius 1 is 0.968 bits per heavy atom. The van der Waals surface area contributed by atoms with Crippen molar-refractivity contribution < 1.29 is 44.5 Å². The van der Waals surface area contributed by atoms with E-state index >= 15 is 0 Å². The second-order valence-corrected chi connectivity index (χ2v) is 7.10. The number of hydrogen-bond acceptors (Lipinski definition) is 10. The van der Waals surface area contributed by atoms with E-state index in [1.807, 2.05) is 0 Å². The van der Waals surface area contributed by atoms with E-state index in [1.54, 1.807) is 30.3 Å². The molecule has 1 aromatic heterocycles. The maximum Gasteiger partial charge on any atom is 0.229 e. The van der Waals surface area contributed by atoms with Gasteiger partial charge in [0.15, 0.2) is 16.8 Å². The molecule has 0 radical (unpaired) electrons. The van der Waals surface area contributed by atoms with Crippen LogP contribution in [0.25, 0.3) is 22.3 Å². The van der Waals surface area contributed by atoms with Crippen molar-refractivity contribution in [3.63, 3.8) is 0 Å². The fourth-order valence-corrected chi connectivity index (χ4v) is 3.40. The van der Waals surface area contributed by atoms with Crippen LogP contribution in [0.4, 0.5) is 0 Å². The maximum absolute atomic E-state index is 12.9.